The lowest BCUT2D eigenvalue weighted by Gasteiger charge is -2.25. The van der Waals surface area contributed by atoms with E-state index in [4.69, 9.17) is 11.6 Å². The maximum absolute atomic E-state index is 11.1. The van der Waals surface area contributed by atoms with E-state index in [0.29, 0.717) is 16.9 Å². The Labute approximate surface area is 128 Å². The second kappa shape index (κ2) is 4.88. The molecule has 0 unspecified atom stereocenters. The highest BCUT2D eigenvalue weighted by Gasteiger charge is 2.47. The first kappa shape index (κ1) is 14.1. The van der Waals surface area contributed by atoms with Crippen molar-refractivity contribution in [3.05, 3.63) is 28.9 Å². The lowest BCUT2D eigenvalue weighted by molar-refractivity contribution is 0.0372. The van der Waals surface area contributed by atoms with Crippen molar-refractivity contribution >= 4 is 34.9 Å². The van der Waals surface area contributed by atoms with Crippen molar-refractivity contribution in [1.82, 2.24) is 15.5 Å². The summed E-state index contributed by atoms with van der Waals surface area (Å²) in [6.45, 7) is 2.03. The highest BCUT2D eigenvalue weighted by atomic mass is 35.5. The number of fused-ring (bicyclic) bond motifs is 2. The molecule has 0 amide bonds. The molecule has 3 atom stereocenters. The van der Waals surface area contributed by atoms with Gasteiger partial charge < -0.3 is 10.4 Å². The van der Waals surface area contributed by atoms with Crippen LogP contribution in [-0.4, -0.2) is 28.4 Å². The van der Waals surface area contributed by atoms with E-state index in [0.717, 1.165) is 42.4 Å². The predicted octanol–water partition coefficient (Wildman–Crippen LogP) is 2.46. The number of aliphatic hydroxyl groups is 1. The largest absolute Gasteiger partial charge is 0.385 e. The average molecular weight is 314 g/mol. The number of hydrogen-bond donors (Lipinski definition) is 3. The van der Waals surface area contributed by atoms with Crippen LogP contribution in [0.15, 0.2) is 18.3 Å². The number of aromatic amines is 1. The van der Waals surface area contributed by atoms with Crippen LogP contribution in [-0.2, 0) is 5.60 Å². The maximum atomic E-state index is 11.1. The monoisotopic (exact) mass is 313 g/mol. The molecular weight excluding hydrogens is 297 g/mol. The second-order valence-electron chi connectivity index (χ2n) is 5.91. The minimum atomic E-state index is -0.771. The Balaban J connectivity index is 0.00000121. The molecule has 1 aromatic carbocycles. The fourth-order valence-corrected chi connectivity index (χ4v) is 4.05. The van der Waals surface area contributed by atoms with Crippen LogP contribution in [0.4, 0.5) is 0 Å². The highest BCUT2D eigenvalue weighted by molar-refractivity contribution is 6.31. The number of hydrogen-bond acceptors (Lipinski definition) is 3. The molecule has 0 bridgehead atoms. The van der Waals surface area contributed by atoms with Crippen LogP contribution < -0.4 is 5.32 Å². The van der Waals surface area contributed by atoms with Crippen molar-refractivity contribution in [2.24, 2.45) is 11.8 Å². The number of H-pyrrole nitrogens is 1. The normalized spacial score (nSPS) is 32.3. The van der Waals surface area contributed by atoms with Gasteiger partial charge in [-0.15, -0.1) is 12.4 Å². The van der Waals surface area contributed by atoms with Gasteiger partial charge in [0.15, 0.2) is 0 Å². The smallest absolute Gasteiger partial charge is 0.0924 e. The minimum Gasteiger partial charge on any atom is -0.385 e. The Bertz CT molecular complexity index is 630. The van der Waals surface area contributed by atoms with Crippen LogP contribution in [0.2, 0.25) is 5.02 Å². The lowest BCUT2D eigenvalue weighted by atomic mass is 9.89. The van der Waals surface area contributed by atoms with Crippen LogP contribution in [0.25, 0.3) is 10.9 Å². The molecule has 1 aliphatic heterocycles. The Morgan fingerprint density at radius 1 is 1.25 bits per heavy atom. The van der Waals surface area contributed by atoms with Crippen LogP contribution in [0.1, 0.15) is 18.4 Å². The summed E-state index contributed by atoms with van der Waals surface area (Å²) in [5.41, 5.74) is 1.05. The molecule has 1 saturated heterocycles. The van der Waals surface area contributed by atoms with Gasteiger partial charge in [-0.2, -0.15) is 5.10 Å². The van der Waals surface area contributed by atoms with E-state index in [1.165, 1.54) is 0 Å². The van der Waals surface area contributed by atoms with Gasteiger partial charge in [0.25, 0.3) is 0 Å². The van der Waals surface area contributed by atoms with Gasteiger partial charge in [-0.25, -0.2) is 0 Å². The van der Waals surface area contributed by atoms with E-state index in [-0.39, 0.29) is 12.4 Å². The van der Waals surface area contributed by atoms with Crippen molar-refractivity contribution in [2.45, 2.75) is 18.4 Å². The van der Waals surface area contributed by atoms with E-state index in [1.54, 1.807) is 6.20 Å². The Morgan fingerprint density at radius 3 is 2.65 bits per heavy atom. The summed E-state index contributed by atoms with van der Waals surface area (Å²) in [4.78, 5) is 0. The van der Waals surface area contributed by atoms with E-state index in [2.05, 4.69) is 15.5 Å². The van der Waals surface area contributed by atoms with E-state index in [1.807, 2.05) is 12.1 Å². The van der Waals surface area contributed by atoms with Crippen LogP contribution in [0.5, 0.6) is 0 Å². The zero-order valence-corrected chi connectivity index (χ0v) is 12.5. The standard InChI is InChI=1S/C14H16ClN3O.ClH/c15-11-1-8-7-17-18-13(8)12(2-11)14(19)3-9-5-16-6-10(9)4-14;/h1-2,7,9-10,16,19H,3-6H2,(H,17,18);1H/t9-,10+,14+;. The molecule has 6 heteroatoms. The third-order valence-corrected chi connectivity index (χ3v) is 4.91. The van der Waals surface area contributed by atoms with Crippen molar-refractivity contribution in [3.8, 4) is 0 Å². The van der Waals surface area contributed by atoms with Gasteiger partial charge in [-0.1, -0.05) is 11.6 Å². The third kappa shape index (κ3) is 2.02. The van der Waals surface area contributed by atoms with Gasteiger partial charge in [0.05, 0.1) is 17.3 Å². The summed E-state index contributed by atoms with van der Waals surface area (Å²) in [6.07, 6.45) is 3.36. The molecule has 2 heterocycles. The van der Waals surface area contributed by atoms with Gasteiger partial charge in [-0.3, -0.25) is 5.10 Å². The van der Waals surface area contributed by atoms with Gasteiger partial charge in [0.2, 0.25) is 0 Å². The molecule has 0 radical (unpaired) electrons. The summed E-state index contributed by atoms with van der Waals surface area (Å²) < 4.78 is 0. The maximum Gasteiger partial charge on any atom is 0.0924 e. The Hall–Kier alpha value is -0.810. The molecule has 1 saturated carbocycles. The highest BCUT2D eigenvalue weighted by Crippen LogP contribution is 2.48. The van der Waals surface area contributed by atoms with Crippen LogP contribution in [0, 0.1) is 11.8 Å². The lowest BCUT2D eigenvalue weighted by Crippen LogP contribution is -2.26. The summed E-state index contributed by atoms with van der Waals surface area (Å²) in [5, 5.41) is 23.2. The molecule has 3 N–H and O–H groups in total. The first-order valence-corrected chi connectivity index (χ1v) is 7.10. The van der Waals surface area contributed by atoms with Crippen molar-refractivity contribution in [1.29, 1.82) is 0 Å². The van der Waals surface area contributed by atoms with Gasteiger partial charge in [0, 0.05) is 16.0 Å². The molecule has 2 aliphatic rings. The number of nitrogens with one attached hydrogen (secondary N) is 2. The molecule has 1 aromatic heterocycles. The molecule has 1 aliphatic carbocycles. The molecule has 0 spiro atoms. The van der Waals surface area contributed by atoms with Crippen molar-refractivity contribution in [2.75, 3.05) is 13.1 Å². The minimum absolute atomic E-state index is 0. The molecule has 108 valence electrons. The van der Waals surface area contributed by atoms with Crippen LogP contribution >= 0.6 is 24.0 Å². The third-order valence-electron chi connectivity index (χ3n) is 4.69. The number of halogens is 2. The molecule has 2 fully saturated rings. The van der Waals surface area contributed by atoms with Gasteiger partial charge in [0.1, 0.15) is 0 Å². The van der Waals surface area contributed by atoms with Crippen LogP contribution in [0.3, 0.4) is 0 Å². The topological polar surface area (TPSA) is 60.9 Å². The zero-order valence-electron chi connectivity index (χ0n) is 10.9. The van der Waals surface area contributed by atoms with Crippen molar-refractivity contribution < 1.29 is 5.11 Å². The molecule has 4 rings (SSSR count). The van der Waals surface area contributed by atoms with Gasteiger partial charge >= 0.3 is 0 Å². The molecule has 2 aromatic rings. The van der Waals surface area contributed by atoms with Crippen molar-refractivity contribution in [3.63, 3.8) is 0 Å². The predicted molar refractivity (Wildman–Crippen MR) is 81.3 cm³/mol. The summed E-state index contributed by atoms with van der Waals surface area (Å²) in [6, 6.07) is 3.77. The fraction of sp³-hybridized carbons (Fsp3) is 0.500. The number of benzene rings is 1. The number of aromatic nitrogens is 2. The average Bonchev–Trinajstić information content (AvgIpc) is 3.01. The first-order valence-electron chi connectivity index (χ1n) is 6.72. The van der Waals surface area contributed by atoms with E-state index >= 15 is 0 Å². The quantitative estimate of drug-likeness (QED) is 0.758. The second-order valence-corrected chi connectivity index (χ2v) is 6.34. The van der Waals surface area contributed by atoms with Gasteiger partial charge in [-0.05, 0) is 49.9 Å². The number of nitrogens with zero attached hydrogens (tertiary/aromatic N) is 1. The summed E-state index contributed by atoms with van der Waals surface area (Å²) in [7, 11) is 0. The Kier molecular flexibility index (Phi) is 3.45. The molecular formula is C14H17Cl2N3O. The molecule has 20 heavy (non-hydrogen) atoms. The van der Waals surface area contributed by atoms with E-state index < -0.39 is 5.60 Å². The Morgan fingerprint density at radius 2 is 1.95 bits per heavy atom. The van der Waals surface area contributed by atoms with E-state index in [9.17, 15) is 5.11 Å². The summed E-state index contributed by atoms with van der Waals surface area (Å²) in [5.74, 6) is 1.14. The summed E-state index contributed by atoms with van der Waals surface area (Å²) >= 11 is 6.18. The molecule has 4 nitrogen and oxygen atoms in total. The number of rotatable bonds is 1. The fourth-order valence-electron chi connectivity index (χ4n) is 3.82. The zero-order chi connectivity index (χ0) is 13.0. The SMILES string of the molecule is Cl.O[C@]1(c2cc(Cl)cc3cn[nH]c23)C[C@H]2CNC[C@H]2C1. The first-order chi connectivity index (χ1) is 9.16.